The van der Waals surface area contributed by atoms with Gasteiger partial charge in [0, 0.05) is 35.1 Å². The number of hydrogen-bond acceptors (Lipinski definition) is 8. The highest BCUT2D eigenvalue weighted by molar-refractivity contribution is 6.70. The molecule has 2 heterocycles. The first-order chi connectivity index (χ1) is 16.6. The second-order valence-electron chi connectivity index (χ2n) is 7.92. The van der Waals surface area contributed by atoms with Crippen molar-refractivity contribution in [2.24, 2.45) is 0 Å². The van der Waals surface area contributed by atoms with E-state index in [-0.39, 0.29) is 18.1 Å². The zero-order valence-electron chi connectivity index (χ0n) is 20.0. The predicted molar refractivity (Wildman–Crippen MR) is 126 cm³/mol. The van der Waals surface area contributed by atoms with E-state index < -0.39 is 12.0 Å². The molecule has 2 aromatic carbocycles. The summed E-state index contributed by atoms with van der Waals surface area (Å²) in [6, 6.07) is 14.4. The molecule has 8 nitrogen and oxygen atoms in total. The smallest absolute Gasteiger partial charge is 0.329 e. The van der Waals surface area contributed by atoms with Gasteiger partial charge in [0.1, 0.15) is 12.3 Å². The van der Waals surface area contributed by atoms with E-state index in [1.165, 1.54) is 12.2 Å². The number of nitrogens with one attached hydrogen (secondary N) is 1. The van der Waals surface area contributed by atoms with Crippen LogP contribution in [-0.4, -0.2) is 41.8 Å². The Morgan fingerprint density at radius 1 is 1.33 bits per heavy atom. The number of hydrogen-bond donors (Lipinski definition) is 2. The lowest BCUT2D eigenvalue weighted by Crippen LogP contribution is -2.36. The minimum absolute atomic E-state index is 0.0200. The van der Waals surface area contributed by atoms with Gasteiger partial charge in [-0.2, -0.15) is 10.5 Å². The van der Waals surface area contributed by atoms with E-state index in [1.54, 1.807) is 43.5 Å². The fourth-order valence-corrected chi connectivity index (χ4v) is 3.93. The summed E-state index contributed by atoms with van der Waals surface area (Å²) < 4.78 is 16.1. The van der Waals surface area contributed by atoms with Crippen molar-refractivity contribution in [2.75, 3.05) is 23.2 Å². The Hall–Kier alpha value is -4.21. The number of aromatic nitrogens is 2. The van der Waals surface area contributed by atoms with Crippen LogP contribution in [0.4, 0.5) is 17.3 Å². The molecule has 4 rings (SSSR count). The van der Waals surface area contributed by atoms with E-state index in [0.29, 0.717) is 39.9 Å². The lowest BCUT2D eigenvalue weighted by atomic mass is 9.83. The normalized spacial score (nSPS) is 17.8. The van der Waals surface area contributed by atoms with Crippen LogP contribution in [0.1, 0.15) is 31.9 Å². The van der Waals surface area contributed by atoms with Gasteiger partial charge < -0.3 is 20.0 Å². The molecule has 0 aliphatic carbocycles. The van der Waals surface area contributed by atoms with Crippen LogP contribution in [-0.2, 0) is 10.2 Å². The van der Waals surface area contributed by atoms with Gasteiger partial charge >= 0.3 is 7.41 Å². The molecule has 0 saturated heterocycles. The van der Waals surface area contributed by atoms with Crippen LogP contribution in [0.15, 0.2) is 42.6 Å². The van der Waals surface area contributed by atoms with Crippen molar-refractivity contribution in [1.82, 2.24) is 9.97 Å². The number of aliphatic hydroxyl groups is 1. The molecule has 0 unspecified atom stereocenters. The lowest BCUT2D eigenvalue weighted by molar-refractivity contribution is 0.217. The van der Waals surface area contributed by atoms with E-state index in [1.807, 2.05) is 13.0 Å². The first-order valence-electron chi connectivity index (χ1n) is 11.1. The molecule has 3 aromatic rings. The van der Waals surface area contributed by atoms with Crippen molar-refractivity contribution in [2.45, 2.75) is 19.3 Å². The van der Waals surface area contributed by atoms with Crippen LogP contribution in [0, 0.1) is 29.6 Å². The number of carbonyl (C=O) groups is 1. The van der Waals surface area contributed by atoms with Crippen molar-refractivity contribution in [1.29, 1.82) is 10.5 Å². The highest BCUT2D eigenvalue weighted by Gasteiger charge is 2.40. The molecule has 1 atom stereocenters. The highest BCUT2D eigenvalue weighted by atomic mass is 16.3. The zero-order chi connectivity index (χ0) is 25.4. The molecule has 0 spiro atoms. The van der Waals surface area contributed by atoms with Crippen LogP contribution >= 0.6 is 0 Å². The van der Waals surface area contributed by atoms with Gasteiger partial charge in [0.15, 0.2) is 0 Å². The SMILES string of the molecule is [2H]C([2H])(O)[C@@]1(C)CN([B]C=O)c2c(C#N)cc(-c3ccnc(Nc4cc(C#N)ccc4C)n3)cc21. The van der Waals surface area contributed by atoms with Gasteiger partial charge in [-0.3, -0.25) is 0 Å². The van der Waals surface area contributed by atoms with Gasteiger partial charge in [-0.1, -0.05) is 13.0 Å². The van der Waals surface area contributed by atoms with E-state index in [4.69, 9.17) is 2.74 Å². The van der Waals surface area contributed by atoms with Crippen LogP contribution in [0.3, 0.4) is 0 Å². The Balaban J connectivity index is 1.81. The molecule has 0 fully saturated rings. The van der Waals surface area contributed by atoms with Gasteiger partial charge in [0.25, 0.3) is 0 Å². The average Bonchev–Trinajstić information content (AvgIpc) is 3.13. The molecule has 2 N–H and O–H groups in total. The summed E-state index contributed by atoms with van der Waals surface area (Å²) in [5, 5.41) is 32.5. The molecular formula is C24H20BN6O2. The Morgan fingerprint density at radius 2 is 2.15 bits per heavy atom. The van der Waals surface area contributed by atoms with E-state index in [2.05, 4.69) is 27.4 Å². The van der Waals surface area contributed by atoms with Crippen LogP contribution in [0.25, 0.3) is 11.3 Å². The monoisotopic (exact) mass is 437 g/mol. The molecule has 1 aliphatic rings. The fourth-order valence-electron chi connectivity index (χ4n) is 3.93. The first kappa shape index (κ1) is 19.5. The Morgan fingerprint density at radius 3 is 2.85 bits per heavy atom. The second kappa shape index (κ2) is 8.74. The average molecular weight is 437 g/mol. The minimum atomic E-state index is -2.62. The van der Waals surface area contributed by atoms with Crippen LogP contribution < -0.4 is 10.1 Å². The predicted octanol–water partition coefficient (Wildman–Crippen LogP) is 2.82. The molecule has 0 amide bonds. The zero-order valence-corrected chi connectivity index (χ0v) is 18.0. The quantitative estimate of drug-likeness (QED) is 0.446. The highest BCUT2D eigenvalue weighted by Crippen LogP contribution is 2.44. The molecule has 161 valence electrons. The molecule has 1 aromatic heterocycles. The summed E-state index contributed by atoms with van der Waals surface area (Å²) >= 11 is 0. The summed E-state index contributed by atoms with van der Waals surface area (Å²) in [5.41, 5.74) is 2.62. The largest absolute Gasteiger partial charge is 0.410 e. The van der Waals surface area contributed by atoms with Gasteiger partial charge in [-0.05, 0) is 48.4 Å². The number of nitrogens with zero attached hydrogens (tertiary/aromatic N) is 5. The van der Waals surface area contributed by atoms with E-state index in [0.717, 1.165) is 5.56 Å². The molecule has 1 radical (unpaired) electrons. The maximum absolute atomic E-state index is 11.2. The van der Waals surface area contributed by atoms with Crippen molar-refractivity contribution in [3.05, 3.63) is 64.8 Å². The van der Waals surface area contributed by atoms with Crippen molar-refractivity contribution < 1.29 is 12.6 Å². The molecule has 9 heteroatoms. The number of benzene rings is 2. The van der Waals surface area contributed by atoms with Crippen molar-refractivity contribution in [3.8, 4) is 23.4 Å². The number of nitriles is 2. The third-order valence-corrected chi connectivity index (χ3v) is 5.65. The second-order valence-corrected chi connectivity index (χ2v) is 7.92. The lowest BCUT2D eigenvalue weighted by Gasteiger charge is -2.23. The Kier molecular flexibility index (Phi) is 5.16. The maximum Gasteiger partial charge on any atom is 0.329 e. The van der Waals surface area contributed by atoms with Crippen molar-refractivity contribution in [3.63, 3.8) is 0 Å². The Bertz CT molecular complexity index is 1410. The summed E-state index contributed by atoms with van der Waals surface area (Å²) in [5.74, 6) is 0.274. The summed E-state index contributed by atoms with van der Waals surface area (Å²) in [6.07, 6.45) is 2.10. The number of anilines is 3. The molecule has 0 bridgehead atoms. The summed E-state index contributed by atoms with van der Waals surface area (Å²) in [4.78, 5) is 21.5. The fraction of sp³-hybridized carbons (Fsp3) is 0.208. The third-order valence-electron chi connectivity index (χ3n) is 5.65. The standard InChI is InChI=1S/C24H20BN6O2/c1-15-3-4-16(10-26)7-21(15)30-23-28-6-5-20(29-23)17-8-18(11-27)22-19(9-17)24(2,13-32)12-31(22)25-14-33/h3-9,14,32H,12-13H2,1-2H3,(H,28,29,30)/t24-/m1/s1/i13D2. The third kappa shape index (κ3) is 4.02. The first-order valence-corrected chi connectivity index (χ1v) is 10.1. The van der Waals surface area contributed by atoms with Gasteiger partial charge in [-0.25, -0.2) is 9.97 Å². The summed E-state index contributed by atoms with van der Waals surface area (Å²) in [7, 11) is 1.22. The molecule has 0 saturated carbocycles. The van der Waals surface area contributed by atoms with Crippen LogP contribution in [0.2, 0.25) is 0 Å². The minimum Gasteiger partial charge on any atom is -0.410 e. The van der Waals surface area contributed by atoms with E-state index >= 15 is 0 Å². The van der Waals surface area contributed by atoms with Crippen LogP contribution in [0.5, 0.6) is 0 Å². The maximum atomic E-state index is 11.2. The van der Waals surface area contributed by atoms with E-state index in [9.17, 15) is 20.4 Å². The number of carbonyl (C=O) groups excluding carboxylic acids is 1. The van der Waals surface area contributed by atoms with Gasteiger partial charge in [-0.15, -0.1) is 0 Å². The summed E-state index contributed by atoms with van der Waals surface area (Å²) in [6.45, 7) is 0.792. The van der Waals surface area contributed by atoms with Gasteiger partial charge in [0.05, 0.1) is 32.2 Å². The Labute approximate surface area is 195 Å². The molecule has 1 aliphatic heterocycles. The molecular weight excluding hydrogens is 415 g/mol. The topological polar surface area (TPSA) is 126 Å². The van der Waals surface area contributed by atoms with Gasteiger partial charge in [0.2, 0.25) is 5.95 Å². The molecule has 33 heavy (non-hydrogen) atoms. The number of fused-ring (bicyclic) bond motifs is 1. The number of aryl methyl sites for hydroxylation is 1. The number of rotatable bonds is 6. The van der Waals surface area contributed by atoms with Crippen molar-refractivity contribution >= 4 is 30.9 Å².